The lowest BCUT2D eigenvalue weighted by atomic mass is 9.84. The van der Waals surface area contributed by atoms with Gasteiger partial charge in [0.05, 0.1) is 22.8 Å². The molecular formula is C22H25N4O2. The Balaban J connectivity index is 0.00000192. The van der Waals surface area contributed by atoms with Gasteiger partial charge in [0.25, 0.3) is 0 Å². The average Bonchev–Trinajstić information content (AvgIpc) is 3.07. The van der Waals surface area contributed by atoms with Crippen LogP contribution in [0.4, 0.5) is 17.1 Å². The van der Waals surface area contributed by atoms with Crippen molar-refractivity contribution in [1.82, 2.24) is 5.53 Å². The van der Waals surface area contributed by atoms with Gasteiger partial charge in [-0.2, -0.15) is 0 Å². The highest BCUT2D eigenvalue weighted by atomic mass is 16.3. The molecule has 0 aromatic heterocycles. The lowest BCUT2D eigenvalue weighted by Crippen LogP contribution is -2.36. The van der Waals surface area contributed by atoms with Crippen molar-refractivity contribution in [2.75, 3.05) is 10.0 Å². The smallest absolute Gasteiger partial charge is 0.237 e. The van der Waals surface area contributed by atoms with E-state index < -0.39 is 0 Å². The van der Waals surface area contributed by atoms with E-state index in [1.54, 1.807) is 10.0 Å². The summed E-state index contributed by atoms with van der Waals surface area (Å²) in [5.74, 6) is 0.791. The molecule has 0 spiro atoms. The van der Waals surface area contributed by atoms with Gasteiger partial charge in [0.1, 0.15) is 5.70 Å². The molecule has 0 atom stereocenters. The van der Waals surface area contributed by atoms with Crippen LogP contribution in [0, 0.1) is 0 Å². The molecular weight excluding hydrogens is 352 g/mol. The van der Waals surface area contributed by atoms with E-state index >= 15 is 0 Å². The Kier molecular flexibility index (Phi) is 4.83. The Morgan fingerprint density at radius 2 is 1.64 bits per heavy atom. The molecule has 3 N–H and O–H groups in total. The maximum atomic E-state index is 10.8. The standard InChI is InChI=1S/C22H23N4O.H2O/c1-15-21-22(27)25(24-26(21)20-10-6-5-9-19(20)23-15)18-13-11-17(12-14-18)16-7-3-2-4-8-16;/h5-6,9-14,16,27H,2-4,7-8H2,1H3;1H2. The largest absolute Gasteiger partial charge is 0.492 e. The SMILES string of the molecule is CC1=Nc2ccccc2N2[N]N(c3ccc(C4CCCCC4)cc3)C(O)=C12.O. The van der Waals surface area contributed by atoms with Crippen LogP contribution >= 0.6 is 0 Å². The zero-order chi connectivity index (χ0) is 18.4. The van der Waals surface area contributed by atoms with Crippen LogP contribution in [0.3, 0.4) is 0 Å². The maximum Gasteiger partial charge on any atom is 0.237 e. The molecule has 1 fully saturated rings. The van der Waals surface area contributed by atoms with E-state index in [4.69, 9.17) is 0 Å². The highest BCUT2D eigenvalue weighted by Gasteiger charge is 2.37. The van der Waals surface area contributed by atoms with Gasteiger partial charge in [-0.1, -0.05) is 43.5 Å². The Morgan fingerprint density at radius 1 is 0.929 bits per heavy atom. The van der Waals surface area contributed by atoms with E-state index in [1.807, 2.05) is 31.2 Å². The van der Waals surface area contributed by atoms with Gasteiger partial charge in [-0.15, -0.1) is 0 Å². The Labute approximate surface area is 165 Å². The summed E-state index contributed by atoms with van der Waals surface area (Å²) in [5.41, 5.74) is 10.1. The van der Waals surface area contributed by atoms with Crippen molar-refractivity contribution in [2.24, 2.45) is 4.99 Å². The number of aliphatic hydroxyl groups is 1. The third-order valence-corrected chi connectivity index (χ3v) is 5.76. The minimum atomic E-state index is 0. The van der Waals surface area contributed by atoms with Crippen LogP contribution in [0.15, 0.2) is 65.1 Å². The van der Waals surface area contributed by atoms with Crippen LogP contribution < -0.4 is 15.6 Å². The van der Waals surface area contributed by atoms with Gasteiger partial charge in [0, 0.05) is 0 Å². The van der Waals surface area contributed by atoms with Crippen molar-refractivity contribution in [2.45, 2.75) is 44.9 Å². The molecule has 2 aromatic carbocycles. The number of aliphatic imine (C=N–C) groups is 1. The molecule has 6 nitrogen and oxygen atoms in total. The number of allylic oxidation sites excluding steroid dienone is 1. The summed E-state index contributed by atoms with van der Waals surface area (Å²) in [6.45, 7) is 1.90. The summed E-state index contributed by atoms with van der Waals surface area (Å²) >= 11 is 0. The number of fused-ring (bicyclic) bond motifs is 3. The van der Waals surface area contributed by atoms with E-state index in [9.17, 15) is 5.11 Å². The van der Waals surface area contributed by atoms with E-state index in [2.05, 4.69) is 34.8 Å². The predicted molar refractivity (Wildman–Crippen MR) is 112 cm³/mol. The van der Waals surface area contributed by atoms with Crippen molar-refractivity contribution >= 4 is 22.8 Å². The second-order valence-corrected chi connectivity index (χ2v) is 7.50. The molecule has 0 bridgehead atoms. The average molecular weight is 377 g/mol. The topological polar surface area (TPSA) is 84.7 Å². The minimum Gasteiger partial charge on any atom is -0.492 e. The molecule has 145 valence electrons. The Hall–Kier alpha value is -2.83. The van der Waals surface area contributed by atoms with Gasteiger partial charge in [0.2, 0.25) is 5.88 Å². The lowest BCUT2D eigenvalue weighted by Gasteiger charge is -2.25. The molecule has 0 amide bonds. The molecule has 2 aromatic rings. The first kappa shape index (κ1) is 18.5. The van der Waals surface area contributed by atoms with Gasteiger partial charge in [0.15, 0.2) is 0 Å². The van der Waals surface area contributed by atoms with Crippen LogP contribution in [0.2, 0.25) is 0 Å². The quantitative estimate of drug-likeness (QED) is 0.836. The van der Waals surface area contributed by atoms with E-state index in [0.717, 1.165) is 22.8 Å². The molecule has 2 aliphatic heterocycles. The Bertz CT molecular complexity index is 930. The van der Waals surface area contributed by atoms with Crippen LogP contribution in [-0.4, -0.2) is 16.3 Å². The Morgan fingerprint density at radius 3 is 2.39 bits per heavy atom. The van der Waals surface area contributed by atoms with Gasteiger partial charge in [-0.05, 0) is 61.0 Å². The van der Waals surface area contributed by atoms with E-state index in [-0.39, 0.29) is 11.4 Å². The highest BCUT2D eigenvalue weighted by Crippen LogP contribution is 2.40. The molecule has 6 heteroatoms. The zero-order valence-corrected chi connectivity index (χ0v) is 16.0. The summed E-state index contributed by atoms with van der Waals surface area (Å²) in [4.78, 5) is 4.61. The fourth-order valence-electron chi connectivity index (χ4n) is 4.32. The summed E-state index contributed by atoms with van der Waals surface area (Å²) in [5, 5.41) is 14.2. The van der Waals surface area contributed by atoms with Gasteiger partial charge < -0.3 is 10.6 Å². The number of aliphatic hydroxyl groups excluding tert-OH is 1. The fraction of sp³-hybridized carbons (Fsp3) is 0.318. The number of hydrogen-bond donors (Lipinski definition) is 1. The fourth-order valence-corrected chi connectivity index (χ4v) is 4.32. The van der Waals surface area contributed by atoms with Crippen LogP contribution in [0.1, 0.15) is 50.5 Å². The molecule has 1 aliphatic carbocycles. The first-order chi connectivity index (χ1) is 13.2. The monoisotopic (exact) mass is 377 g/mol. The van der Waals surface area contributed by atoms with Crippen molar-refractivity contribution < 1.29 is 10.6 Å². The number of anilines is 2. The minimum absolute atomic E-state index is 0. The van der Waals surface area contributed by atoms with Gasteiger partial charge >= 0.3 is 0 Å². The summed E-state index contributed by atoms with van der Waals surface area (Å²) in [6, 6.07) is 16.3. The van der Waals surface area contributed by atoms with Gasteiger partial charge in [-0.25, -0.2) is 15.0 Å². The normalized spacial score (nSPS) is 19.1. The molecule has 0 unspecified atom stereocenters. The van der Waals surface area contributed by atoms with Crippen molar-refractivity contribution in [3.8, 4) is 0 Å². The molecule has 3 aliphatic rings. The third kappa shape index (κ3) is 2.95. The third-order valence-electron chi connectivity index (χ3n) is 5.76. The number of para-hydroxylation sites is 2. The summed E-state index contributed by atoms with van der Waals surface area (Å²) < 4.78 is 0. The summed E-state index contributed by atoms with van der Waals surface area (Å²) in [6.07, 6.45) is 6.58. The zero-order valence-electron chi connectivity index (χ0n) is 16.0. The van der Waals surface area contributed by atoms with Crippen LogP contribution in [0.5, 0.6) is 0 Å². The molecule has 1 radical (unpaired) electrons. The first-order valence-electron chi connectivity index (χ1n) is 9.72. The summed E-state index contributed by atoms with van der Waals surface area (Å²) in [7, 11) is 0. The van der Waals surface area contributed by atoms with E-state index in [0.29, 0.717) is 11.6 Å². The number of nitrogens with zero attached hydrogens (tertiary/aromatic N) is 4. The molecule has 28 heavy (non-hydrogen) atoms. The number of rotatable bonds is 2. The second kappa shape index (κ2) is 7.30. The van der Waals surface area contributed by atoms with Crippen molar-refractivity contribution in [3.05, 3.63) is 65.7 Å². The molecule has 2 heterocycles. The highest BCUT2D eigenvalue weighted by molar-refractivity contribution is 6.07. The van der Waals surface area contributed by atoms with Crippen LogP contribution in [-0.2, 0) is 0 Å². The molecule has 0 saturated heterocycles. The molecule has 1 saturated carbocycles. The van der Waals surface area contributed by atoms with Crippen molar-refractivity contribution in [1.29, 1.82) is 0 Å². The van der Waals surface area contributed by atoms with E-state index in [1.165, 1.54) is 37.7 Å². The number of benzene rings is 2. The van der Waals surface area contributed by atoms with Crippen LogP contribution in [0.25, 0.3) is 0 Å². The van der Waals surface area contributed by atoms with Gasteiger partial charge in [-0.3, -0.25) is 0 Å². The maximum absolute atomic E-state index is 10.8. The second-order valence-electron chi connectivity index (χ2n) is 7.50. The number of hydrogen-bond acceptors (Lipinski definition) is 4. The molecule has 5 rings (SSSR count). The predicted octanol–water partition coefficient (Wildman–Crippen LogP) is 4.50. The first-order valence-corrected chi connectivity index (χ1v) is 9.72. The van der Waals surface area contributed by atoms with Crippen molar-refractivity contribution in [3.63, 3.8) is 0 Å². The lowest BCUT2D eigenvalue weighted by molar-refractivity contribution is 0.387.